The van der Waals surface area contributed by atoms with Gasteiger partial charge in [-0.1, -0.05) is 55.0 Å². The van der Waals surface area contributed by atoms with Gasteiger partial charge in [0.15, 0.2) is 0 Å². The van der Waals surface area contributed by atoms with Gasteiger partial charge in [0.25, 0.3) is 0 Å². The molecule has 0 radical (unpaired) electrons. The van der Waals surface area contributed by atoms with Gasteiger partial charge in [0.05, 0.1) is 0 Å². The van der Waals surface area contributed by atoms with Crippen molar-refractivity contribution in [3.05, 3.63) is 12.3 Å². The van der Waals surface area contributed by atoms with E-state index in [1.807, 2.05) is 48.6 Å². The second-order valence-corrected chi connectivity index (χ2v) is 1.21. The second kappa shape index (κ2) is 46.5. The lowest BCUT2D eigenvalue weighted by atomic mass is 10.4. The molecule has 0 aliphatic heterocycles. The van der Waals surface area contributed by atoms with Gasteiger partial charge in [-0.3, -0.25) is 0 Å². The highest BCUT2D eigenvalue weighted by Crippen LogP contribution is 1.84. The van der Waals surface area contributed by atoms with E-state index in [0.29, 0.717) is 0 Å². The van der Waals surface area contributed by atoms with Gasteiger partial charge in [0.2, 0.25) is 0 Å². The molecule has 0 aromatic rings. The number of allylic oxidation sites excluding steroid dienone is 1. The summed E-state index contributed by atoms with van der Waals surface area (Å²) in [4.78, 5) is 0. The molecule has 1 nitrogen and oxygen atoms in total. The van der Waals surface area contributed by atoms with Crippen LogP contribution in [-0.4, -0.2) is 7.05 Å². The lowest BCUT2D eigenvalue weighted by Crippen LogP contribution is -2.01. The lowest BCUT2D eigenvalue weighted by Gasteiger charge is -1.94. The highest BCUT2D eigenvalue weighted by atomic mass is 14.8. The standard InChI is InChI=1S/C5H11N.3C2H6/c1-4-5(2)6-3;3*1-2/h6H,2,4H2,1,3H3;3*1-2H3. The molecular formula is C11H29N. The monoisotopic (exact) mass is 175 g/mol. The van der Waals surface area contributed by atoms with Crippen molar-refractivity contribution in [1.29, 1.82) is 0 Å². The molecule has 0 atom stereocenters. The smallest absolute Gasteiger partial charge is 0.00300 e. The van der Waals surface area contributed by atoms with Crippen LogP contribution >= 0.6 is 0 Å². The summed E-state index contributed by atoms with van der Waals surface area (Å²) in [7, 11) is 1.88. The molecule has 1 N–H and O–H groups in total. The molecule has 0 aromatic carbocycles. The summed E-state index contributed by atoms with van der Waals surface area (Å²) in [6.07, 6.45) is 1.02. The van der Waals surface area contributed by atoms with Gasteiger partial charge in [0, 0.05) is 12.7 Å². The third kappa shape index (κ3) is 55.5. The Balaban J connectivity index is -0.0000000453. The quantitative estimate of drug-likeness (QED) is 0.663. The predicted octanol–water partition coefficient (Wildman–Crippen LogP) is 4.21. The topological polar surface area (TPSA) is 12.0 Å². The van der Waals surface area contributed by atoms with Crippen molar-refractivity contribution in [3.8, 4) is 0 Å². The average molecular weight is 175 g/mol. The second-order valence-electron chi connectivity index (χ2n) is 1.21. The Labute approximate surface area is 80.3 Å². The van der Waals surface area contributed by atoms with Gasteiger partial charge < -0.3 is 5.32 Å². The summed E-state index contributed by atoms with van der Waals surface area (Å²) in [5.41, 5.74) is 1.09. The SMILES string of the molecule is C=C(CC)NC.CC.CC.CC. The Bertz CT molecular complexity index is 43.0. The van der Waals surface area contributed by atoms with Gasteiger partial charge >= 0.3 is 0 Å². The first-order valence-corrected chi connectivity index (χ1v) is 5.16. The zero-order valence-corrected chi connectivity index (χ0v) is 10.4. The zero-order chi connectivity index (χ0) is 11.0. The van der Waals surface area contributed by atoms with Crippen molar-refractivity contribution in [2.75, 3.05) is 7.05 Å². The number of nitrogens with one attached hydrogen (secondary N) is 1. The van der Waals surface area contributed by atoms with E-state index in [4.69, 9.17) is 0 Å². The third-order valence-corrected chi connectivity index (χ3v) is 0.780. The minimum atomic E-state index is 1.02. The fraction of sp³-hybridized carbons (Fsp3) is 0.818. The summed E-state index contributed by atoms with van der Waals surface area (Å²) in [6, 6.07) is 0. The first kappa shape index (κ1) is 22.5. The lowest BCUT2D eigenvalue weighted by molar-refractivity contribution is 0.908. The maximum atomic E-state index is 3.68. The Morgan fingerprint density at radius 2 is 1.25 bits per heavy atom. The van der Waals surface area contributed by atoms with Crippen molar-refractivity contribution >= 4 is 0 Å². The van der Waals surface area contributed by atoms with Crippen LogP contribution in [0.3, 0.4) is 0 Å². The van der Waals surface area contributed by atoms with E-state index in [1.165, 1.54) is 0 Å². The maximum Gasteiger partial charge on any atom is 0.00300 e. The molecule has 0 saturated heterocycles. The molecule has 1 heteroatoms. The fourth-order valence-electron chi connectivity index (χ4n) is 0.177. The Morgan fingerprint density at radius 1 is 1.00 bits per heavy atom. The van der Waals surface area contributed by atoms with E-state index in [2.05, 4.69) is 18.8 Å². The molecule has 78 valence electrons. The molecule has 0 rings (SSSR count). The summed E-state index contributed by atoms with van der Waals surface area (Å²) >= 11 is 0. The Kier molecular flexibility index (Phi) is 87.5. The van der Waals surface area contributed by atoms with E-state index < -0.39 is 0 Å². The van der Waals surface area contributed by atoms with E-state index in [9.17, 15) is 0 Å². The van der Waals surface area contributed by atoms with Gasteiger partial charge in [-0.25, -0.2) is 0 Å². The summed E-state index contributed by atoms with van der Waals surface area (Å²) < 4.78 is 0. The van der Waals surface area contributed by atoms with Gasteiger partial charge in [-0.15, -0.1) is 0 Å². The maximum absolute atomic E-state index is 3.68. The average Bonchev–Trinajstić information content (AvgIpc) is 2.25. The molecular weight excluding hydrogens is 146 g/mol. The zero-order valence-electron chi connectivity index (χ0n) is 10.4. The van der Waals surface area contributed by atoms with Crippen molar-refractivity contribution in [1.82, 2.24) is 5.32 Å². The fourth-order valence-corrected chi connectivity index (χ4v) is 0.177. The van der Waals surface area contributed by atoms with Crippen LogP contribution in [-0.2, 0) is 0 Å². The number of rotatable bonds is 2. The van der Waals surface area contributed by atoms with Crippen molar-refractivity contribution in [2.45, 2.75) is 54.9 Å². The number of hydrogen-bond acceptors (Lipinski definition) is 1. The molecule has 0 saturated carbocycles. The van der Waals surface area contributed by atoms with Crippen LogP contribution in [0.5, 0.6) is 0 Å². The van der Waals surface area contributed by atoms with E-state index in [0.717, 1.165) is 12.1 Å². The molecule has 0 aliphatic rings. The summed E-state index contributed by atoms with van der Waals surface area (Å²) in [6.45, 7) is 17.7. The van der Waals surface area contributed by atoms with Crippen LogP contribution in [0.25, 0.3) is 0 Å². The number of hydrogen-bond donors (Lipinski definition) is 1. The first-order valence-electron chi connectivity index (χ1n) is 5.16. The summed E-state index contributed by atoms with van der Waals surface area (Å²) in [5.74, 6) is 0. The molecule has 0 fully saturated rings. The van der Waals surface area contributed by atoms with Crippen molar-refractivity contribution < 1.29 is 0 Å². The Morgan fingerprint density at radius 3 is 1.25 bits per heavy atom. The van der Waals surface area contributed by atoms with E-state index in [-0.39, 0.29) is 0 Å². The summed E-state index contributed by atoms with van der Waals surface area (Å²) in [5, 5.41) is 2.92. The van der Waals surface area contributed by atoms with E-state index >= 15 is 0 Å². The van der Waals surface area contributed by atoms with Crippen molar-refractivity contribution in [3.63, 3.8) is 0 Å². The Hall–Kier alpha value is -0.460. The van der Waals surface area contributed by atoms with Crippen LogP contribution in [0.1, 0.15) is 54.9 Å². The van der Waals surface area contributed by atoms with Gasteiger partial charge in [-0.05, 0) is 6.42 Å². The normalized spacial score (nSPS) is 5.33. The van der Waals surface area contributed by atoms with E-state index in [1.54, 1.807) is 0 Å². The van der Waals surface area contributed by atoms with Crippen LogP contribution in [0, 0.1) is 0 Å². The molecule has 0 unspecified atom stereocenters. The first-order chi connectivity index (χ1) is 5.81. The van der Waals surface area contributed by atoms with Crippen LogP contribution in [0.4, 0.5) is 0 Å². The molecule has 0 amide bonds. The predicted molar refractivity (Wildman–Crippen MR) is 62.5 cm³/mol. The van der Waals surface area contributed by atoms with Crippen molar-refractivity contribution in [2.24, 2.45) is 0 Å². The highest BCUT2D eigenvalue weighted by Gasteiger charge is 1.75. The van der Waals surface area contributed by atoms with Crippen LogP contribution in [0.15, 0.2) is 12.3 Å². The van der Waals surface area contributed by atoms with Gasteiger partial charge in [0.1, 0.15) is 0 Å². The van der Waals surface area contributed by atoms with Crippen LogP contribution in [0.2, 0.25) is 0 Å². The molecule has 0 aromatic heterocycles. The molecule has 0 heterocycles. The van der Waals surface area contributed by atoms with Crippen LogP contribution < -0.4 is 5.32 Å². The molecule has 0 bridgehead atoms. The highest BCUT2D eigenvalue weighted by molar-refractivity contribution is 4.86. The molecule has 0 spiro atoms. The minimum Gasteiger partial charge on any atom is -0.392 e. The largest absolute Gasteiger partial charge is 0.392 e. The molecule has 0 aliphatic carbocycles. The minimum absolute atomic E-state index is 1.02. The molecule has 12 heavy (non-hydrogen) atoms. The van der Waals surface area contributed by atoms with Gasteiger partial charge in [-0.2, -0.15) is 0 Å². The third-order valence-electron chi connectivity index (χ3n) is 0.780.